The molecule has 0 radical (unpaired) electrons. The van der Waals surface area contributed by atoms with Gasteiger partial charge in [0, 0.05) is 10.8 Å². The number of hydrogen-bond acceptors (Lipinski definition) is 1. The van der Waals surface area contributed by atoms with E-state index < -0.39 is 10.8 Å². The zero-order valence-electron chi connectivity index (χ0n) is 6.74. The van der Waals surface area contributed by atoms with Crippen LogP contribution in [0.15, 0.2) is 0 Å². The maximum Gasteiger partial charge on any atom is 0.0797 e. The summed E-state index contributed by atoms with van der Waals surface area (Å²) in [6.45, 7) is 0. The standard InChI is InChI=1S/C8H4Cl4OS/c9-5-3-1-14(13)2-4(3)6(10)8(12)7(5)11/h1-2H2. The van der Waals surface area contributed by atoms with Crippen molar-refractivity contribution in [2.75, 3.05) is 0 Å². The van der Waals surface area contributed by atoms with Crippen molar-refractivity contribution in [3.8, 4) is 0 Å². The highest BCUT2D eigenvalue weighted by Crippen LogP contribution is 2.44. The number of fused-ring (bicyclic) bond motifs is 1. The molecule has 14 heavy (non-hydrogen) atoms. The van der Waals surface area contributed by atoms with Crippen molar-refractivity contribution < 1.29 is 4.21 Å². The van der Waals surface area contributed by atoms with Crippen molar-refractivity contribution in [1.82, 2.24) is 0 Å². The molecule has 1 nitrogen and oxygen atoms in total. The molecule has 1 heterocycles. The largest absolute Gasteiger partial charge is 0.259 e. The molecule has 0 unspecified atom stereocenters. The zero-order chi connectivity index (χ0) is 10.5. The van der Waals surface area contributed by atoms with Gasteiger partial charge in [0.1, 0.15) is 0 Å². The maximum atomic E-state index is 11.3. The first-order valence-electron chi connectivity index (χ1n) is 3.71. The van der Waals surface area contributed by atoms with Crippen molar-refractivity contribution in [2.45, 2.75) is 11.5 Å². The van der Waals surface area contributed by atoms with Crippen LogP contribution < -0.4 is 0 Å². The van der Waals surface area contributed by atoms with Crippen LogP contribution in [0.3, 0.4) is 0 Å². The van der Waals surface area contributed by atoms with E-state index in [9.17, 15) is 4.21 Å². The van der Waals surface area contributed by atoms with Gasteiger partial charge in [-0.3, -0.25) is 4.21 Å². The van der Waals surface area contributed by atoms with Crippen LogP contribution in [0.2, 0.25) is 20.1 Å². The Morgan fingerprint density at radius 2 is 1.14 bits per heavy atom. The maximum absolute atomic E-state index is 11.3. The van der Waals surface area contributed by atoms with E-state index in [-0.39, 0.29) is 10.0 Å². The monoisotopic (exact) mass is 288 g/mol. The highest BCUT2D eigenvalue weighted by Gasteiger charge is 2.27. The molecular formula is C8H4Cl4OS. The van der Waals surface area contributed by atoms with E-state index >= 15 is 0 Å². The van der Waals surface area contributed by atoms with Gasteiger partial charge in [-0.25, -0.2) is 0 Å². The Labute approximate surface area is 104 Å². The van der Waals surface area contributed by atoms with Crippen molar-refractivity contribution in [1.29, 1.82) is 0 Å². The summed E-state index contributed by atoms with van der Waals surface area (Å²) in [7, 11) is -0.943. The molecule has 0 atom stereocenters. The third-order valence-electron chi connectivity index (χ3n) is 2.08. The van der Waals surface area contributed by atoms with Crippen molar-refractivity contribution in [3.05, 3.63) is 31.2 Å². The molecule has 2 rings (SSSR count). The Morgan fingerprint density at radius 1 is 0.786 bits per heavy atom. The molecule has 1 aromatic carbocycles. The first kappa shape index (κ1) is 11.0. The minimum atomic E-state index is -0.943. The number of hydrogen-bond donors (Lipinski definition) is 0. The summed E-state index contributed by atoms with van der Waals surface area (Å²) in [5, 5.41) is 1.25. The summed E-state index contributed by atoms with van der Waals surface area (Å²) in [6.07, 6.45) is 0. The van der Waals surface area contributed by atoms with Crippen molar-refractivity contribution in [2.24, 2.45) is 0 Å². The number of halogens is 4. The summed E-state index contributed by atoms with van der Waals surface area (Å²) < 4.78 is 11.3. The number of benzene rings is 1. The van der Waals surface area contributed by atoms with Gasteiger partial charge in [-0.2, -0.15) is 0 Å². The predicted octanol–water partition coefficient (Wildman–Crippen LogP) is 4.06. The fourth-order valence-corrected chi connectivity index (χ4v) is 4.00. The summed E-state index contributed by atoms with van der Waals surface area (Å²) in [5.74, 6) is 0.815. The van der Waals surface area contributed by atoms with Gasteiger partial charge in [0.15, 0.2) is 0 Å². The number of rotatable bonds is 0. The average Bonchev–Trinajstić information content (AvgIpc) is 2.54. The third kappa shape index (κ3) is 1.57. The Hall–Kier alpha value is 0.530. The van der Waals surface area contributed by atoms with E-state index in [1.807, 2.05) is 0 Å². The molecule has 1 aromatic rings. The lowest BCUT2D eigenvalue weighted by molar-refractivity contribution is 0.684. The second-order valence-electron chi connectivity index (χ2n) is 2.94. The highest BCUT2D eigenvalue weighted by atomic mass is 35.5. The zero-order valence-corrected chi connectivity index (χ0v) is 10.6. The molecule has 0 bridgehead atoms. The van der Waals surface area contributed by atoms with Crippen LogP contribution in [-0.4, -0.2) is 4.21 Å². The second kappa shape index (κ2) is 3.84. The molecule has 0 saturated heterocycles. The fourth-order valence-electron chi connectivity index (χ4n) is 1.40. The Morgan fingerprint density at radius 3 is 1.50 bits per heavy atom. The van der Waals surface area contributed by atoms with Gasteiger partial charge in [-0.05, 0) is 11.1 Å². The second-order valence-corrected chi connectivity index (χ2v) is 5.91. The Bertz CT molecular complexity index is 405. The quantitative estimate of drug-likeness (QED) is 0.520. The van der Waals surface area contributed by atoms with Crippen LogP contribution in [0.25, 0.3) is 0 Å². The molecule has 1 aliphatic heterocycles. The lowest BCUT2D eigenvalue weighted by atomic mass is 10.1. The molecule has 0 fully saturated rings. The van der Waals surface area contributed by atoms with Crippen LogP contribution in [0.5, 0.6) is 0 Å². The van der Waals surface area contributed by atoms with Gasteiger partial charge in [-0.1, -0.05) is 46.4 Å². The van der Waals surface area contributed by atoms with Gasteiger partial charge >= 0.3 is 0 Å². The topological polar surface area (TPSA) is 17.1 Å². The summed E-state index contributed by atoms with van der Waals surface area (Å²) >= 11 is 23.7. The summed E-state index contributed by atoms with van der Waals surface area (Å²) in [5.41, 5.74) is 1.54. The van der Waals surface area contributed by atoms with E-state index in [2.05, 4.69) is 0 Å². The van der Waals surface area contributed by atoms with E-state index in [4.69, 9.17) is 46.4 Å². The van der Waals surface area contributed by atoms with Crippen LogP contribution in [0.4, 0.5) is 0 Å². The molecule has 1 aliphatic rings. The lowest BCUT2D eigenvalue weighted by Crippen LogP contribution is -1.88. The smallest absolute Gasteiger partial charge is 0.0797 e. The van der Waals surface area contributed by atoms with Gasteiger partial charge in [-0.15, -0.1) is 0 Å². The highest BCUT2D eigenvalue weighted by molar-refractivity contribution is 7.83. The van der Waals surface area contributed by atoms with Gasteiger partial charge in [0.05, 0.1) is 31.6 Å². The van der Waals surface area contributed by atoms with E-state index in [0.29, 0.717) is 21.6 Å². The summed E-state index contributed by atoms with van der Waals surface area (Å²) in [6, 6.07) is 0. The van der Waals surface area contributed by atoms with Crippen LogP contribution in [0, 0.1) is 0 Å². The van der Waals surface area contributed by atoms with Crippen LogP contribution >= 0.6 is 46.4 Å². The molecule has 0 amide bonds. The van der Waals surface area contributed by atoms with Crippen molar-refractivity contribution in [3.63, 3.8) is 0 Å². The average molecular weight is 290 g/mol. The molecule has 0 spiro atoms. The molecule has 0 aliphatic carbocycles. The molecule has 6 heteroatoms. The fraction of sp³-hybridized carbons (Fsp3) is 0.250. The lowest BCUT2D eigenvalue weighted by Gasteiger charge is -2.08. The third-order valence-corrected chi connectivity index (χ3v) is 5.18. The summed E-state index contributed by atoms with van der Waals surface area (Å²) in [4.78, 5) is 0. The van der Waals surface area contributed by atoms with Gasteiger partial charge in [0.2, 0.25) is 0 Å². The SMILES string of the molecule is O=S1Cc2c(Cl)c(Cl)c(Cl)c(Cl)c2C1. The van der Waals surface area contributed by atoms with Crippen LogP contribution in [0.1, 0.15) is 11.1 Å². The molecule has 0 saturated carbocycles. The van der Waals surface area contributed by atoms with E-state index in [1.54, 1.807) is 0 Å². The minimum Gasteiger partial charge on any atom is -0.259 e. The first-order chi connectivity index (χ1) is 6.52. The van der Waals surface area contributed by atoms with E-state index in [0.717, 1.165) is 11.1 Å². The Kier molecular flexibility index (Phi) is 3.02. The molecule has 0 aromatic heterocycles. The van der Waals surface area contributed by atoms with Gasteiger partial charge in [0.25, 0.3) is 0 Å². The molecule has 0 N–H and O–H groups in total. The molecular weight excluding hydrogens is 286 g/mol. The predicted molar refractivity (Wildman–Crippen MR) is 62.0 cm³/mol. The minimum absolute atomic E-state index is 0.246. The Balaban J connectivity index is 2.76. The van der Waals surface area contributed by atoms with Crippen LogP contribution in [-0.2, 0) is 22.3 Å². The van der Waals surface area contributed by atoms with Gasteiger partial charge < -0.3 is 0 Å². The first-order valence-corrected chi connectivity index (χ1v) is 6.71. The normalized spacial score (nSPS) is 16.0. The molecule has 76 valence electrons. The van der Waals surface area contributed by atoms with E-state index in [1.165, 1.54) is 0 Å². The van der Waals surface area contributed by atoms with Crippen molar-refractivity contribution >= 4 is 57.2 Å².